The number of aliphatic carboxylic acids is 2. The monoisotopic (exact) mass is 316 g/mol. The number of benzene rings is 2. The van der Waals surface area contributed by atoms with E-state index in [1.807, 2.05) is 12.1 Å². The van der Waals surface area contributed by atoms with E-state index >= 15 is 0 Å². The SMILES string of the molecule is O=C([O-])Cc1ccccc1.O=C([O-])Cc1ccccc1.[Na+].[Na+]. The first-order valence-corrected chi connectivity index (χ1v) is 6.05. The maximum absolute atomic E-state index is 10.1. The number of hydrogen-bond donors (Lipinski definition) is 0. The van der Waals surface area contributed by atoms with E-state index in [1.54, 1.807) is 48.5 Å². The molecule has 0 aliphatic carbocycles. The zero-order chi connectivity index (χ0) is 14.8. The van der Waals surface area contributed by atoms with Gasteiger partial charge in [-0.15, -0.1) is 0 Å². The van der Waals surface area contributed by atoms with Crippen molar-refractivity contribution in [2.45, 2.75) is 12.8 Å². The van der Waals surface area contributed by atoms with Gasteiger partial charge in [-0.1, -0.05) is 60.7 Å². The molecule has 0 fully saturated rings. The molecule has 2 aromatic rings. The van der Waals surface area contributed by atoms with Gasteiger partial charge in [0.15, 0.2) is 0 Å². The van der Waals surface area contributed by atoms with Crippen molar-refractivity contribution in [3.05, 3.63) is 71.8 Å². The zero-order valence-corrected chi connectivity index (χ0v) is 16.8. The Kier molecular flexibility index (Phi) is 15.0. The third-order valence-corrected chi connectivity index (χ3v) is 2.38. The molecule has 0 radical (unpaired) electrons. The van der Waals surface area contributed by atoms with Crippen LogP contribution in [0.15, 0.2) is 60.7 Å². The summed E-state index contributed by atoms with van der Waals surface area (Å²) < 4.78 is 0. The first kappa shape index (κ1) is 23.6. The minimum Gasteiger partial charge on any atom is -0.550 e. The molecule has 0 aromatic heterocycles. The Bertz CT molecular complexity index is 493. The maximum atomic E-state index is 10.1. The molecule has 2 rings (SSSR count). The van der Waals surface area contributed by atoms with Gasteiger partial charge in [0.05, 0.1) is 0 Å². The third-order valence-electron chi connectivity index (χ3n) is 2.38. The molecule has 0 saturated heterocycles. The number of rotatable bonds is 4. The predicted octanol–water partition coefficient (Wildman–Crippen LogP) is -6.03. The molecule has 6 heteroatoms. The van der Waals surface area contributed by atoms with Gasteiger partial charge in [0.1, 0.15) is 0 Å². The molecule has 0 aliphatic rings. The minimum absolute atomic E-state index is 0. The summed E-state index contributed by atoms with van der Waals surface area (Å²) in [6.45, 7) is 0. The second-order valence-corrected chi connectivity index (χ2v) is 4.07. The van der Waals surface area contributed by atoms with Gasteiger partial charge in [-0.25, -0.2) is 0 Å². The minimum atomic E-state index is -1.04. The maximum Gasteiger partial charge on any atom is 1.00 e. The molecule has 0 amide bonds. The normalized spacial score (nSPS) is 8.36. The molecule has 0 atom stereocenters. The van der Waals surface area contributed by atoms with Crippen molar-refractivity contribution in [3.8, 4) is 0 Å². The van der Waals surface area contributed by atoms with Crippen LogP contribution in [0.5, 0.6) is 0 Å². The molecular formula is C16H14Na2O4. The van der Waals surface area contributed by atoms with E-state index < -0.39 is 11.9 Å². The number of carboxylic acids is 2. The van der Waals surface area contributed by atoms with E-state index in [2.05, 4.69) is 0 Å². The van der Waals surface area contributed by atoms with Crippen LogP contribution in [0.1, 0.15) is 11.1 Å². The Morgan fingerprint density at radius 3 is 1.14 bits per heavy atom. The van der Waals surface area contributed by atoms with Gasteiger partial charge in [0, 0.05) is 24.8 Å². The van der Waals surface area contributed by atoms with E-state index in [-0.39, 0.29) is 72.0 Å². The summed E-state index contributed by atoms with van der Waals surface area (Å²) in [5.74, 6) is -2.07. The van der Waals surface area contributed by atoms with Crippen LogP contribution in [-0.4, -0.2) is 11.9 Å². The van der Waals surface area contributed by atoms with Crippen LogP contribution in [0.4, 0.5) is 0 Å². The summed E-state index contributed by atoms with van der Waals surface area (Å²) in [6, 6.07) is 17.9. The molecule has 0 aliphatic heterocycles. The Labute approximate surface area is 174 Å². The fraction of sp³-hybridized carbons (Fsp3) is 0.125. The fourth-order valence-electron chi connectivity index (χ4n) is 1.53. The Balaban J connectivity index is 0. The molecule has 0 heterocycles. The molecular weight excluding hydrogens is 302 g/mol. The van der Waals surface area contributed by atoms with Crippen molar-refractivity contribution in [2.24, 2.45) is 0 Å². The van der Waals surface area contributed by atoms with Gasteiger partial charge in [-0.3, -0.25) is 0 Å². The van der Waals surface area contributed by atoms with Crippen LogP contribution in [0, 0.1) is 0 Å². The number of carboxylic acid groups (broad SMARTS) is 2. The second kappa shape index (κ2) is 14.0. The van der Waals surface area contributed by atoms with Crippen LogP contribution in [0.25, 0.3) is 0 Å². The van der Waals surface area contributed by atoms with E-state index in [4.69, 9.17) is 0 Å². The largest absolute Gasteiger partial charge is 1.00 e. The van der Waals surface area contributed by atoms with E-state index in [1.165, 1.54) is 0 Å². The summed E-state index contributed by atoms with van der Waals surface area (Å²) in [5, 5.41) is 20.1. The quantitative estimate of drug-likeness (QED) is 0.526. The second-order valence-electron chi connectivity index (χ2n) is 4.07. The van der Waals surface area contributed by atoms with Gasteiger partial charge in [-0.05, 0) is 11.1 Å². The molecule has 0 N–H and O–H groups in total. The van der Waals surface area contributed by atoms with Gasteiger partial charge in [0.2, 0.25) is 0 Å². The molecule has 0 spiro atoms. The molecule has 2 aromatic carbocycles. The van der Waals surface area contributed by atoms with Gasteiger partial charge >= 0.3 is 59.1 Å². The first-order chi connectivity index (χ1) is 9.58. The van der Waals surface area contributed by atoms with Crippen LogP contribution >= 0.6 is 0 Å². The Morgan fingerprint density at radius 1 is 0.636 bits per heavy atom. The number of hydrogen-bond acceptors (Lipinski definition) is 4. The van der Waals surface area contributed by atoms with Crippen molar-refractivity contribution in [1.29, 1.82) is 0 Å². The fourth-order valence-corrected chi connectivity index (χ4v) is 1.53. The van der Waals surface area contributed by atoms with Crippen molar-refractivity contribution in [2.75, 3.05) is 0 Å². The molecule has 0 saturated carbocycles. The average Bonchev–Trinajstić information content (AvgIpc) is 2.40. The summed E-state index contributed by atoms with van der Waals surface area (Å²) in [4.78, 5) is 20.1. The van der Waals surface area contributed by atoms with Gasteiger partial charge in [0.25, 0.3) is 0 Å². The van der Waals surface area contributed by atoms with Crippen LogP contribution in [0.2, 0.25) is 0 Å². The number of carbonyl (C=O) groups excluding carboxylic acids is 2. The van der Waals surface area contributed by atoms with Crippen molar-refractivity contribution < 1.29 is 78.9 Å². The molecule has 0 unspecified atom stereocenters. The third kappa shape index (κ3) is 12.0. The molecule has 104 valence electrons. The summed E-state index contributed by atoms with van der Waals surface area (Å²) >= 11 is 0. The zero-order valence-electron chi connectivity index (χ0n) is 12.8. The molecule has 4 nitrogen and oxygen atoms in total. The molecule has 22 heavy (non-hydrogen) atoms. The Morgan fingerprint density at radius 2 is 0.909 bits per heavy atom. The first-order valence-electron chi connectivity index (χ1n) is 6.05. The van der Waals surface area contributed by atoms with Gasteiger partial charge < -0.3 is 19.8 Å². The Hall–Kier alpha value is -0.620. The van der Waals surface area contributed by atoms with E-state index in [0.29, 0.717) is 0 Å². The predicted molar refractivity (Wildman–Crippen MR) is 70.3 cm³/mol. The summed E-state index contributed by atoms with van der Waals surface area (Å²) in [6.07, 6.45) is 0.00167. The topological polar surface area (TPSA) is 80.3 Å². The van der Waals surface area contributed by atoms with Crippen LogP contribution in [-0.2, 0) is 22.4 Å². The molecule has 0 bridgehead atoms. The van der Waals surface area contributed by atoms with Crippen molar-refractivity contribution >= 4 is 11.9 Å². The smallest absolute Gasteiger partial charge is 0.550 e. The van der Waals surface area contributed by atoms with Crippen LogP contribution in [0.3, 0.4) is 0 Å². The van der Waals surface area contributed by atoms with Crippen molar-refractivity contribution in [1.82, 2.24) is 0 Å². The van der Waals surface area contributed by atoms with Gasteiger partial charge in [-0.2, -0.15) is 0 Å². The van der Waals surface area contributed by atoms with E-state index in [9.17, 15) is 19.8 Å². The van der Waals surface area contributed by atoms with Crippen molar-refractivity contribution in [3.63, 3.8) is 0 Å². The van der Waals surface area contributed by atoms with E-state index in [0.717, 1.165) is 11.1 Å². The average molecular weight is 316 g/mol. The summed E-state index contributed by atoms with van der Waals surface area (Å²) in [7, 11) is 0. The standard InChI is InChI=1S/2C8H8O2.2Na/c2*9-8(10)6-7-4-2-1-3-5-7;;/h2*1-5H,6H2,(H,9,10);;/q;;2*+1/p-2. The van der Waals surface area contributed by atoms with Crippen LogP contribution < -0.4 is 69.3 Å². The number of carbonyl (C=O) groups is 2. The summed E-state index contributed by atoms with van der Waals surface area (Å²) in [5.41, 5.74) is 1.56.